The second-order valence-electron chi connectivity index (χ2n) is 6.31. The summed E-state index contributed by atoms with van der Waals surface area (Å²) >= 11 is 0. The summed E-state index contributed by atoms with van der Waals surface area (Å²) in [6, 6.07) is 21.2. The molecule has 0 saturated heterocycles. The molecule has 0 heterocycles. The summed E-state index contributed by atoms with van der Waals surface area (Å²) in [6.07, 6.45) is 0.0221. The number of amides is 1. The molecule has 5 nitrogen and oxygen atoms in total. The number of fused-ring (bicyclic) bond motifs is 1. The zero-order chi connectivity index (χ0) is 19.8. The van der Waals surface area contributed by atoms with E-state index < -0.39 is 6.10 Å². The molecule has 3 aromatic carbocycles. The fraction of sp³-hybridized carbons (Fsp3) is 0.261. The maximum Gasteiger partial charge on any atom is 0.261 e. The van der Waals surface area contributed by atoms with Gasteiger partial charge in [0.05, 0.1) is 13.7 Å². The second kappa shape index (κ2) is 9.65. The summed E-state index contributed by atoms with van der Waals surface area (Å²) in [5.74, 6) is 2.00. The monoisotopic (exact) mass is 379 g/mol. The van der Waals surface area contributed by atoms with E-state index in [0.717, 1.165) is 16.5 Å². The molecule has 1 atom stereocenters. The molecule has 1 amide bonds. The fourth-order valence-corrected chi connectivity index (χ4v) is 2.92. The van der Waals surface area contributed by atoms with E-state index in [1.807, 2.05) is 67.6 Å². The molecule has 0 unspecified atom stereocenters. The summed E-state index contributed by atoms with van der Waals surface area (Å²) in [5.41, 5.74) is 0. The number of nitrogens with one attached hydrogen (secondary N) is 1. The Hall–Kier alpha value is -3.21. The first-order chi connectivity index (χ1) is 13.7. The van der Waals surface area contributed by atoms with Crippen molar-refractivity contribution >= 4 is 16.7 Å². The average molecular weight is 379 g/mol. The van der Waals surface area contributed by atoms with Gasteiger partial charge in [-0.15, -0.1) is 0 Å². The van der Waals surface area contributed by atoms with Gasteiger partial charge in [0.2, 0.25) is 0 Å². The van der Waals surface area contributed by atoms with Gasteiger partial charge >= 0.3 is 0 Å². The molecule has 0 aliphatic rings. The van der Waals surface area contributed by atoms with Gasteiger partial charge in [-0.3, -0.25) is 4.79 Å². The molecule has 0 spiro atoms. The van der Waals surface area contributed by atoms with Gasteiger partial charge in [0, 0.05) is 11.5 Å². The Morgan fingerprint density at radius 3 is 2.57 bits per heavy atom. The fourth-order valence-electron chi connectivity index (χ4n) is 2.92. The number of hydrogen-bond acceptors (Lipinski definition) is 4. The van der Waals surface area contributed by atoms with Crippen molar-refractivity contribution in [2.24, 2.45) is 0 Å². The van der Waals surface area contributed by atoms with Gasteiger partial charge < -0.3 is 19.5 Å². The number of carbonyl (C=O) groups is 1. The molecule has 28 heavy (non-hydrogen) atoms. The highest BCUT2D eigenvalue weighted by atomic mass is 16.5. The van der Waals surface area contributed by atoms with Crippen LogP contribution in [-0.2, 0) is 4.79 Å². The Morgan fingerprint density at radius 1 is 1.00 bits per heavy atom. The molecule has 0 aromatic heterocycles. The highest BCUT2D eigenvalue weighted by Gasteiger charge is 2.18. The molecule has 0 bridgehead atoms. The summed E-state index contributed by atoms with van der Waals surface area (Å²) in [6.45, 7) is 2.69. The van der Waals surface area contributed by atoms with Gasteiger partial charge in [-0.1, -0.05) is 49.4 Å². The molecule has 146 valence electrons. The van der Waals surface area contributed by atoms with Crippen molar-refractivity contribution in [3.8, 4) is 17.2 Å². The Bertz CT molecular complexity index is 920. The van der Waals surface area contributed by atoms with Crippen LogP contribution < -0.4 is 19.5 Å². The maximum atomic E-state index is 12.5. The third kappa shape index (κ3) is 4.94. The van der Waals surface area contributed by atoms with E-state index in [-0.39, 0.29) is 5.91 Å². The Kier molecular flexibility index (Phi) is 6.73. The van der Waals surface area contributed by atoms with Crippen molar-refractivity contribution in [2.45, 2.75) is 19.4 Å². The second-order valence-corrected chi connectivity index (χ2v) is 6.31. The van der Waals surface area contributed by atoms with Gasteiger partial charge in [0.1, 0.15) is 23.9 Å². The number of carbonyl (C=O) groups excluding carboxylic acids is 1. The lowest BCUT2D eigenvalue weighted by Gasteiger charge is -2.18. The van der Waals surface area contributed by atoms with Crippen LogP contribution in [0.25, 0.3) is 10.8 Å². The van der Waals surface area contributed by atoms with Gasteiger partial charge in [-0.2, -0.15) is 0 Å². The SMILES string of the molecule is CC[C@@H](Oc1cccc2ccccc12)C(=O)NCCOc1cccc(OC)c1. The van der Waals surface area contributed by atoms with E-state index in [4.69, 9.17) is 14.2 Å². The highest BCUT2D eigenvalue weighted by Crippen LogP contribution is 2.26. The lowest BCUT2D eigenvalue weighted by molar-refractivity contribution is -0.128. The zero-order valence-corrected chi connectivity index (χ0v) is 16.2. The molecule has 1 N–H and O–H groups in total. The van der Waals surface area contributed by atoms with Crippen molar-refractivity contribution < 1.29 is 19.0 Å². The van der Waals surface area contributed by atoms with Crippen LogP contribution in [-0.4, -0.2) is 32.3 Å². The van der Waals surface area contributed by atoms with Gasteiger partial charge in [-0.05, 0) is 30.0 Å². The molecule has 0 aliphatic heterocycles. The molecule has 0 radical (unpaired) electrons. The first-order valence-corrected chi connectivity index (χ1v) is 9.40. The molecule has 0 saturated carbocycles. The predicted octanol–water partition coefficient (Wildman–Crippen LogP) is 4.20. The highest BCUT2D eigenvalue weighted by molar-refractivity contribution is 5.89. The van der Waals surface area contributed by atoms with Crippen LogP contribution in [0, 0.1) is 0 Å². The quantitative estimate of drug-likeness (QED) is 0.566. The lowest BCUT2D eigenvalue weighted by atomic mass is 10.1. The van der Waals surface area contributed by atoms with Crippen molar-refractivity contribution in [3.05, 3.63) is 66.7 Å². The summed E-state index contributed by atoms with van der Waals surface area (Å²) in [4.78, 5) is 12.5. The molecular formula is C23H25NO4. The van der Waals surface area contributed by atoms with Crippen molar-refractivity contribution in [3.63, 3.8) is 0 Å². The number of ether oxygens (including phenoxy) is 3. The van der Waals surface area contributed by atoms with Gasteiger partial charge in [0.15, 0.2) is 6.10 Å². The van der Waals surface area contributed by atoms with Crippen LogP contribution in [0.3, 0.4) is 0 Å². The molecule has 0 aliphatic carbocycles. The number of hydrogen-bond donors (Lipinski definition) is 1. The van der Waals surface area contributed by atoms with E-state index >= 15 is 0 Å². The molecule has 5 heteroatoms. The third-order valence-corrected chi connectivity index (χ3v) is 4.39. The Morgan fingerprint density at radius 2 is 1.75 bits per heavy atom. The van der Waals surface area contributed by atoms with Crippen molar-refractivity contribution in [1.29, 1.82) is 0 Å². The molecule has 3 aromatic rings. The van der Waals surface area contributed by atoms with Crippen LogP contribution in [0.1, 0.15) is 13.3 Å². The smallest absolute Gasteiger partial charge is 0.261 e. The van der Waals surface area contributed by atoms with Gasteiger partial charge in [0.25, 0.3) is 5.91 Å². The van der Waals surface area contributed by atoms with E-state index in [9.17, 15) is 4.79 Å². The summed E-state index contributed by atoms with van der Waals surface area (Å²) < 4.78 is 16.8. The van der Waals surface area contributed by atoms with Crippen molar-refractivity contribution in [2.75, 3.05) is 20.3 Å². The van der Waals surface area contributed by atoms with E-state index in [2.05, 4.69) is 5.32 Å². The first-order valence-electron chi connectivity index (χ1n) is 9.40. The predicted molar refractivity (Wildman–Crippen MR) is 110 cm³/mol. The average Bonchev–Trinajstić information content (AvgIpc) is 2.75. The first kappa shape index (κ1) is 19.5. The van der Waals surface area contributed by atoms with E-state index in [1.54, 1.807) is 13.2 Å². The summed E-state index contributed by atoms with van der Waals surface area (Å²) in [5, 5.41) is 4.96. The number of methoxy groups -OCH3 is 1. The standard InChI is InChI=1S/C23H25NO4/c1-3-21(28-22-13-6-9-17-8-4-5-12-20(17)22)23(25)24-14-15-27-19-11-7-10-18(16-19)26-2/h4-13,16,21H,3,14-15H2,1-2H3,(H,24,25)/t21-/m1/s1. The minimum Gasteiger partial charge on any atom is -0.497 e. The molecule has 0 fully saturated rings. The number of rotatable bonds is 9. The largest absolute Gasteiger partial charge is 0.497 e. The Labute approximate surface area is 165 Å². The maximum absolute atomic E-state index is 12.5. The number of benzene rings is 3. The van der Waals surface area contributed by atoms with Crippen LogP contribution in [0.15, 0.2) is 66.7 Å². The van der Waals surface area contributed by atoms with Crippen LogP contribution in [0.4, 0.5) is 0 Å². The topological polar surface area (TPSA) is 56.8 Å². The minimum atomic E-state index is -0.553. The lowest BCUT2D eigenvalue weighted by Crippen LogP contribution is -2.39. The Balaban J connectivity index is 1.53. The van der Waals surface area contributed by atoms with E-state index in [0.29, 0.717) is 31.1 Å². The zero-order valence-electron chi connectivity index (χ0n) is 16.2. The van der Waals surface area contributed by atoms with Crippen LogP contribution in [0.5, 0.6) is 17.2 Å². The minimum absolute atomic E-state index is 0.148. The normalized spacial score (nSPS) is 11.6. The van der Waals surface area contributed by atoms with Crippen LogP contribution in [0.2, 0.25) is 0 Å². The third-order valence-electron chi connectivity index (χ3n) is 4.39. The van der Waals surface area contributed by atoms with Crippen LogP contribution >= 0.6 is 0 Å². The van der Waals surface area contributed by atoms with Gasteiger partial charge in [-0.25, -0.2) is 0 Å². The molecular weight excluding hydrogens is 354 g/mol. The van der Waals surface area contributed by atoms with Crippen molar-refractivity contribution in [1.82, 2.24) is 5.32 Å². The summed E-state index contributed by atoms with van der Waals surface area (Å²) in [7, 11) is 1.61. The van der Waals surface area contributed by atoms with E-state index in [1.165, 1.54) is 0 Å². The molecule has 3 rings (SSSR count).